The maximum Gasteiger partial charge on any atom is 0.183 e. The van der Waals surface area contributed by atoms with Crippen molar-refractivity contribution in [1.29, 1.82) is 0 Å². The van der Waals surface area contributed by atoms with Crippen molar-refractivity contribution in [1.82, 2.24) is 14.5 Å². The summed E-state index contributed by atoms with van der Waals surface area (Å²) in [5, 5.41) is 0. The Labute approximate surface area is 214 Å². The van der Waals surface area contributed by atoms with Gasteiger partial charge < -0.3 is 9.47 Å². The molecule has 0 bridgehead atoms. The molecule has 7 nitrogen and oxygen atoms in total. The second-order valence-electron chi connectivity index (χ2n) is 8.66. The van der Waals surface area contributed by atoms with Gasteiger partial charge in [-0.25, -0.2) is 27.8 Å². The number of imidazole rings is 1. The van der Waals surface area contributed by atoms with Crippen molar-refractivity contribution in [3.63, 3.8) is 0 Å². The molecule has 0 aliphatic carbocycles. The van der Waals surface area contributed by atoms with E-state index in [1.807, 2.05) is 72.3 Å². The van der Waals surface area contributed by atoms with Crippen LogP contribution in [0, 0.1) is 5.82 Å². The van der Waals surface area contributed by atoms with E-state index in [0.717, 1.165) is 34.7 Å². The minimum atomic E-state index is -3.54. The summed E-state index contributed by atoms with van der Waals surface area (Å²) in [6.45, 7) is 0. The Bertz CT molecular complexity index is 1690. The van der Waals surface area contributed by atoms with Crippen molar-refractivity contribution in [3.05, 3.63) is 108 Å². The molecule has 0 atom stereocenters. The summed E-state index contributed by atoms with van der Waals surface area (Å²) in [5.74, 6) is 0.147. The zero-order valence-corrected chi connectivity index (χ0v) is 21.3. The highest BCUT2D eigenvalue weighted by Crippen LogP contribution is 2.33. The predicted octanol–water partition coefficient (Wildman–Crippen LogP) is 5.45. The average Bonchev–Trinajstić information content (AvgIpc) is 3.28. The van der Waals surface area contributed by atoms with E-state index in [1.165, 1.54) is 12.1 Å². The second kappa shape index (κ2) is 9.59. The first-order valence-electron chi connectivity index (χ1n) is 11.5. The van der Waals surface area contributed by atoms with Crippen molar-refractivity contribution >= 4 is 43.9 Å². The summed E-state index contributed by atoms with van der Waals surface area (Å²) in [5.41, 5.74) is 4.12. The number of sulfone groups is 1. The quantitative estimate of drug-likeness (QED) is 0.282. The van der Waals surface area contributed by atoms with Gasteiger partial charge in [0, 0.05) is 37.5 Å². The van der Waals surface area contributed by atoms with E-state index >= 15 is 4.39 Å². The highest BCUT2D eigenvalue weighted by molar-refractivity contribution is 7.90. The number of halogens is 1. The average molecular weight is 514 g/mol. The number of benzene rings is 3. The van der Waals surface area contributed by atoms with Crippen molar-refractivity contribution in [2.45, 2.75) is 4.90 Å². The number of fused-ring (bicyclic) bond motifs is 1. The second-order valence-corrected chi connectivity index (χ2v) is 10.7. The number of anilines is 2. The first-order valence-corrected chi connectivity index (χ1v) is 13.4. The van der Waals surface area contributed by atoms with Gasteiger partial charge in [-0.1, -0.05) is 60.7 Å². The number of hydrogen-bond acceptors (Lipinski definition) is 6. The third-order valence-corrected chi connectivity index (χ3v) is 7.16. The predicted molar refractivity (Wildman–Crippen MR) is 144 cm³/mol. The Hall–Kier alpha value is -4.37. The number of nitrogens with zero attached hydrogens (tertiary/aromatic N) is 5. The van der Waals surface area contributed by atoms with Crippen LogP contribution in [-0.2, 0) is 16.9 Å². The fraction of sp³-hybridized carbons (Fsp3) is 0.107. The van der Waals surface area contributed by atoms with Crippen LogP contribution in [-0.4, -0.2) is 42.0 Å². The Morgan fingerprint density at radius 2 is 1.57 bits per heavy atom. The van der Waals surface area contributed by atoms with Crippen molar-refractivity contribution in [3.8, 4) is 0 Å². The molecule has 37 heavy (non-hydrogen) atoms. The van der Waals surface area contributed by atoms with E-state index in [4.69, 9.17) is 9.98 Å². The van der Waals surface area contributed by atoms with E-state index in [2.05, 4.69) is 4.98 Å². The van der Waals surface area contributed by atoms with E-state index in [-0.39, 0.29) is 10.6 Å². The number of rotatable bonds is 6. The van der Waals surface area contributed by atoms with Crippen molar-refractivity contribution in [2.24, 2.45) is 12.0 Å². The Morgan fingerprint density at radius 3 is 2.14 bits per heavy atom. The molecule has 0 aliphatic rings. The van der Waals surface area contributed by atoms with Gasteiger partial charge in [0.05, 0.1) is 28.1 Å². The van der Waals surface area contributed by atoms with Gasteiger partial charge in [0.1, 0.15) is 17.2 Å². The first-order chi connectivity index (χ1) is 17.7. The fourth-order valence-corrected chi connectivity index (χ4v) is 4.69. The van der Waals surface area contributed by atoms with Crippen molar-refractivity contribution < 1.29 is 12.8 Å². The maximum atomic E-state index is 15.0. The van der Waals surface area contributed by atoms with Crippen LogP contribution in [0.2, 0.25) is 0 Å². The molecule has 0 spiro atoms. The molecule has 0 saturated heterocycles. The van der Waals surface area contributed by atoms with Gasteiger partial charge in [-0.05, 0) is 18.2 Å². The Morgan fingerprint density at radius 1 is 0.946 bits per heavy atom. The Kier molecular flexibility index (Phi) is 6.31. The van der Waals surface area contributed by atoms with Crippen LogP contribution in [0.4, 0.5) is 21.7 Å². The summed E-state index contributed by atoms with van der Waals surface area (Å²) in [4.78, 5) is 15.8. The third-order valence-electron chi connectivity index (χ3n) is 6.05. The molecule has 5 aromatic rings. The van der Waals surface area contributed by atoms with E-state index in [9.17, 15) is 8.42 Å². The molecule has 0 N–H and O–H groups in total. The zero-order valence-electron chi connectivity index (χ0n) is 20.5. The standard InChI is InChI=1S/C28H24FN5O2S/c1-33-18-30-27-24(33)17-25(34(2)23-15-14-21(16-22(23)29)37(3,35)36)31-28(27)32-26(19-10-6-4-7-11-19)20-12-8-5-9-13-20/h4-18H,1-3H3. The summed E-state index contributed by atoms with van der Waals surface area (Å²) in [6, 6.07) is 25.3. The van der Waals surface area contributed by atoms with Gasteiger partial charge in [0.15, 0.2) is 15.7 Å². The van der Waals surface area contributed by atoms with Gasteiger partial charge in [0.2, 0.25) is 0 Å². The molecule has 5 rings (SSSR count). The topological polar surface area (TPSA) is 80.5 Å². The zero-order chi connectivity index (χ0) is 26.2. The molecule has 186 valence electrons. The molecule has 3 aromatic carbocycles. The molecule has 9 heteroatoms. The summed E-state index contributed by atoms with van der Waals surface area (Å²) >= 11 is 0. The van der Waals surface area contributed by atoms with E-state index < -0.39 is 15.7 Å². The van der Waals surface area contributed by atoms with Gasteiger partial charge in [-0.15, -0.1) is 0 Å². The van der Waals surface area contributed by atoms with Gasteiger partial charge in [-0.3, -0.25) is 0 Å². The van der Waals surface area contributed by atoms with Gasteiger partial charge in [0.25, 0.3) is 0 Å². The van der Waals surface area contributed by atoms with Gasteiger partial charge in [-0.2, -0.15) is 0 Å². The van der Waals surface area contributed by atoms with Crippen LogP contribution in [0.3, 0.4) is 0 Å². The third kappa shape index (κ3) is 4.85. The molecular weight excluding hydrogens is 489 g/mol. The van der Waals surface area contributed by atoms with Crippen molar-refractivity contribution in [2.75, 3.05) is 18.2 Å². The number of aryl methyl sites for hydroxylation is 1. The van der Waals surface area contributed by atoms with Gasteiger partial charge >= 0.3 is 0 Å². The lowest BCUT2D eigenvalue weighted by atomic mass is 10.0. The minimum Gasteiger partial charge on any atom is -0.334 e. The lowest BCUT2D eigenvalue weighted by Crippen LogP contribution is -2.14. The molecule has 2 heterocycles. The van der Waals surface area contributed by atoms with E-state index in [1.54, 1.807) is 24.3 Å². The lowest BCUT2D eigenvalue weighted by Gasteiger charge is -2.20. The van der Waals surface area contributed by atoms with Crippen LogP contribution in [0.15, 0.2) is 101 Å². The normalized spacial score (nSPS) is 11.5. The maximum absolute atomic E-state index is 15.0. The van der Waals surface area contributed by atoms with Crippen LogP contribution in [0.1, 0.15) is 11.1 Å². The smallest absolute Gasteiger partial charge is 0.183 e. The first kappa shape index (κ1) is 24.3. The van der Waals surface area contributed by atoms with Crippen LogP contribution >= 0.6 is 0 Å². The molecule has 0 radical (unpaired) electrons. The Balaban J connectivity index is 1.69. The molecule has 0 aliphatic heterocycles. The molecule has 2 aromatic heterocycles. The molecular formula is C28H24FN5O2S. The number of hydrogen-bond donors (Lipinski definition) is 0. The molecule has 0 saturated carbocycles. The summed E-state index contributed by atoms with van der Waals surface area (Å²) in [6.07, 6.45) is 2.73. The SMILES string of the molecule is CN(c1cc2c(ncn2C)c(N=C(c2ccccc2)c2ccccc2)n1)c1ccc(S(C)(=O)=O)cc1F. The van der Waals surface area contributed by atoms with Crippen LogP contribution in [0.5, 0.6) is 0 Å². The van der Waals surface area contributed by atoms with E-state index in [0.29, 0.717) is 17.2 Å². The number of aromatic nitrogens is 3. The van der Waals surface area contributed by atoms with Crippen LogP contribution in [0.25, 0.3) is 11.0 Å². The summed E-state index contributed by atoms with van der Waals surface area (Å²) in [7, 11) is 0.00118. The molecule has 0 unspecified atom stereocenters. The molecule has 0 amide bonds. The largest absolute Gasteiger partial charge is 0.334 e. The molecule has 0 fully saturated rings. The highest BCUT2D eigenvalue weighted by Gasteiger charge is 2.19. The number of pyridine rings is 1. The monoisotopic (exact) mass is 513 g/mol. The minimum absolute atomic E-state index is 0.0853. The lowest BCUT2D eigenvalue weighted by molar-refractivity contribution is 0.596. The number of aliphatic imine (C=N–C) groups is 1. The summed E-state index contributed by atoms with van der Waals surface area (Å²) < 4.78 is 40.6. The van der Waals surface area contributed by atoms with Crippen LogP contribution < -0.4 is 4.90 Å². The highest BCUT2D eigenvalue weighted by atomic mass is 32.2. The fourth-order valence-electron chi connectivity index (χ4n) is 4.06.